The van der Waals surface area contributed by atoms with E-state index in [-0.39, 0.29) is 47.7 Å². The van der Waals surface area contributed by atoms with Crippen LogP contribution in [0.3, 0.4) is 0 Å². The molecule has 0 radical (unpaired) electrons. The van der Waals surface area contributed by atoms with Crippen LogP contribution in [0.5, 0.6) is 5.88 Å². The number of rotatable bonds is 2. The van der Waals surface area contributed by atoms with E-state index < -0.39 is 12.0 Å². The second-order valence-corrected chi connectivity index (χ2v) is 9.11. The third kappa shape index (κ3) is 4.07. The number of nitrogens with zero attached hydrogens (tertiary/aromatic N) is 5. The number of ether oxygens (including phenoxy) is 2. The number of halogens is 4. The molecule has 2 N–H and O–H groups in total. The van der Waals surface area contributed by atoms with Crippen LogP contribution in [0.2, 0.25) is 10.2 Å². The van der Waals surface area contributed by atoms with Crippen LogP contribution in [0.25, 0.3) is 0 Å². The van der Waals surface area contributed by atoms with E-state index in [1.54, 1.807) is 4.90 Å². The fourth-order valence-electron chi connectivity index (χ4n) is 4.09. The third-order valence-corrected chi connectivity index (χ3v) is 6.64. The molecule has 2 aromatic rings. The molecule has 2 atom stereocenters. The molecular formula is C19H23Cl2F2N7O2. The molecule has 5 heterocycles. The molecular weight excluding hydrogens is 467 g/mol. The number of hydrogen-bond donors (Lipinski definition) is 2. The van der Waals surface area contributed by atoms with E-state index in [0.717, 1.165) is 4.68 Å². The van der Waals surface area contributed by atoms with Gasteiger partial charge in [-0.2, -0.15) is 4.98 Å². The molecule has 0 saturated carbocycles. The van der Waals surface area contributed by atoms with E-state index in [2.05, 4.69) is 25.7 Å². The van der Waals surface area contributed by atoms with Gasteiger partial charge in [-0.25, -0.2) is 18.4 Å². The number of piperidine rings is 1. The molecule has 0 aromatic carbocycles. The first-order chi connectivity index (χ1) is 15.3. The topological polar surface area (TPSA) is 89.4 Å². The highest BCUT2D eigenvalue weighted by Crippen LogP contribution is 2.43. The largest absolute Gasteiger partial charge is 0.475 e. The van der Waals surface area contributed by atoms with Gasteiger partial charge in [0.05, 0.1) is 38.6 Å². The van der Waals surface area contributed by atoms with Crippen LogP contribution < -0.4 is 15.4 Å². The summed E-state index contributed by atoms with van der Waals surface area (Å²) >= 11 is 12.8. The standard InChI is InChI=1S/C19H23Cl2F2N7O2/c1-10-3-5-32-17-14(26-18-24-6-12(20)16(25-10)27-18)15(21)30(28-17)13-2-4-29(9-19(13,22)23)11-7-31-8-11/h6,10-11,13H,2-5,7-9H2,1H3,(H2,24,25,26,27)/t10-,13?/m1/s1. The van der Waals surface area contributed by atoms with Crippen molar-refractivity contribution in [1.29, 1.82) is 0 Å². The van der Waals surface area contributed by atoms with Gasteiger partial charge in [0.2, 0.25) is 5.95 Å². The Morgan fingerprint density at radius 2 is 2.06 bits per heavy atom. The molecule has 3 aliphatic heterocycles. The molecule has 2 aromatic heterocycles. The predicted molar refractivity (Wildman–Crippen MR) is 116 cm³/mol. The molecule has 0 spiro atoms. The molecule has 13 heteroatoms. The summed E-state index contributed by atoms with van der Waals surface area (Å²) in [6, 6.07) is -1.15. The van der Waals surface area contributed by atoms with Gasteiger partial charge in [0, 0.05) is 19.0 Å². The summed E-state index contributed by atoms with van der Waals surface area (Å²) in [5, 5.41) is 10.9. The summed E-state index contributed by atoms with van der Waals surface area (Å²) in [5.74, 6) is -2.23. The van der Waals surface area contributed by atoms with Crippen molar-refractivity contribution in [2.75, 3.05) is 43.5 Å². The molecule has 5 rings (SSSR count). The lowest BCUT2D eigenvalue weighted by Crippen LogP contribution is -2.58. The van der Waals surface area contributed by atoms with Gasteiger partial charge >= 0.3 is 0 Å². The zero-order chi connectivity index (χ0) is 22.5. The van der Waals surface area contributed by atoms with Gasteiger partial charge in [-0.3, -0.25) is 4.90 Å². The minimum Gasteiger partial charge on any atom is -0.475 e. The molecule has 9 nitrogen and oxygen atoms in total. The van der Waals surface area contributed by atoms with Crippen molar-refractivity contribution in [1.82, 2.24) is 24.6 Å². The monoisotopic (exact) mass is 489 g/mol. The second-order valence-electron chi connectivity index (χ2n) is 8.34. The lowest BCUT2D eigenvalue weighted by molar-refractivity contribution is -0.150. The highest BCUT2D eigenvalue weighted by atomic mass is 35.5. The molecule has 0 amide bonds. The molecule has 2 fully saturated rings. The predicted octanol–water partition coefficient (Wildman–Crippen LogP) is 3.59. The minimum atomic E-state index is -3.02. The SMILES string of the molecule is C[C@@H]1CCOc2nn(C3CCN(C4COC4)CC3(F)F)c(Cl)c2Nc2ncc(Cl)c(n2)N1. The van der Waals surface area contributed by atoms with Crippen molar-refractivity contribution >= 4 is 40.7 Å². The van der Waals surface area contributed by atoms with E-state index in [9.17, 15) is 0 Å². The van der Waals surface area contributed by atoms with E-state index >= 15 is 8.78 Å². The molecule has 2 saturated heterocycles. The lowest BCUT2D eigenvalue weighted by atomic mass is 9.99. The maximum absolute atomic E-state index is 15.2. The Morgan fingerprint density at radius 1 is 1.25 bits per heavy atom. The summed E-state index contributed by atoms with van der Waals surface area (Å²) < 4.78 is 42.5. The number of anilines is 3. The Labute approximate surface area is 193 Å². The van der Waals surface area contributed by atoms with E-state index in [4.69, 9.17) is 32.7 Å². The normalized spacial score (nSPS) is 26.0. The molecule has 1 unspecified atom stereocenters. The van der Waals surface area contributed by atoms with Crippen LogP contribution in [0.15, 0.2) is 6.20 Å². The Bertz CT molecular complexity index is 1000. The first-order valence-electron chi connectivity index (χ1n) is 10.5. The van der Waals surface area contributed by atoms with Gasteiger partial charge in [0.1, 0.15) is 16.8 Å². The Kier molecular flexibility index (Phi) is 5.77. The average molecular weight is 490 g/mol. The zero-order valence-electron chi connectivity index (χ0n) is 17.3. The quantitative estimate of drug-likeness (QED) is 0.661. The highest BCUT2D eigenvalue weighted by Gasteiger charge is 2.49. The number of likely N-dealkylation sites (tertiary alicyclic amines) is 1. The van der Waals surface area contributed by atoms with Crippen molar-refractivity contribution in [2.24, 2.45) is 0 Å². The number of nitrogens with one attached hydrogen (secondary N) is 2. The van der Waals surface area contributed by atoms with Crippen LogP contribution >= 0.6 is 23.2 Å². The summed E-state index contributed by atoms with van der Waals surface area (Å²) in [5.41, 5.74) is 0.250. The maximum Gasteiger partial charge on any atom is 0.282 e. The van der Waals surface area contributed by atoms with Crippen LogP contribution in [0.1, 0.15) is 25.8 Å². The lowest BCUT2D eigenvalue weighted by Gasteiger charge is -2.44. The van der Waals surface area contributed by atoms with Gasteiger partial charge in [-0.15, -0.1) is 5.10 Å². The first-order valence-corrected chi connectivity index (χ1v) is 11.2. The average Bonchev–Trinajstić information content (AvgIpc) is 2.96. The Balaban J connectivity index is 1.46. The van der Waals surface area contributed by atoms with Crippen molar-refractivity contribution < 1.29 is 18.3 Å². The second kappa shape index (κ2) is 8.44. The van der Waals surface area contributed by atoms with Gasteiger partial charge in [0.25, 0.3) is 11.8 Å². The summed E-state index contributed by atoms with van der Waals surface area (Å²) in [6.45, 7) is 3.38. The van der Waals surface area contributed by atoms with Crippen molar-refractivity contribution in [3.05, 3.63) is 16.4 Å². The third-order valence-electron chi connectivity index (χ3n) is 6.00. The van der Waals surface area contributed by atoms with E-state index in [0.29, 0.717) is 43.6 Å². The maximum atomic E-state index is 15.2. The van der Waals surface area contributed by atoms with Crippen LogP contribution in [-0.2, 0) is 4.74 Å². The molecule has 0 aliphatic carbocycles. The smallest absolute Gasteiger partial charge is 0.282 e. The zero-order valence-corrected chi connectivity index (χ0v) is 18.8. The number of aromatic nitrogens is 4. The molecule has 32 heavy (non-hydrogen) atoms. The van der Waals surface area contributed by atoms with Gasteiger partial charge < -0.3 is 20.1 Å². The van der Waals surface area contributed by atoms with E-state index in [1.165, 1.54) is 6.20 Å². The highest BCUT2D eigenvalue weighted by molar-refractivity contribution is 6.33. The number of hydrogen-bond acceptors (Lipinski definition) is 8. The van der Waals surface area contributed by atoms with Gasteiger partial charge in [0.15, 0.2) is 11.0 Å². The first kappa shape index (κ1) is 21.9. The Morgan fingerprint density at radius 3 is 2.78 bits per heavy atom. The summed E-state index contributed by atoms with van der Waals surface area (Å²) in [4.78, 5) is 10.3. The van der Waals surface area contributed by atoms with Crippen LogP contribution in [0, 0.1) is 0 Å². The fraction of sp³-hybridized carbons (Fsp3) is 0.632. The summed E-state index contributed by atoms with van der Waals surface area (Å²) in [6.07, 6.45) is 2.26. The summed E-state index contributed by atoms with van der Waals surface area (Å²) in [7, 11) is 0. The van der Waals surface area contributed by atoms with Gasteiger partial charge in [-0.1, -0.05) is 23.2 Å². The van der Waals surface area contributed by atoms with Crippen LogP contribution in [-0.4, -0.2) is 75.6 Å². The van der Waals surface area contributed by atoms with Crippen LogP contribution in [0.4, 0.5) is 26.2 Å². The fourth-order valence-corrected chi connectivity index (χ4v) is 4.52. The Hall–Kier alpha value is -1.95. The van der Waals surface area contributed by atoms with E-state index in [1.807, 2.05) is 6.92 Å². The van der Waals surface area contributed by atoms with Crippen molar-refractivity contribution in [2.45, 2.75) is 43.8 Å². The molecule has 3 aliphatic rings. The molecule has 174 valence electrons. The van der Waals surface area contributed by atoms with Crippen molar-refractivity contribution in [3.8, 4) is 5.88 Å². The molecule has 2 bridgehead atoms. The number of fused-ring (bicyclic) bond motifs is 3. The van der Waals surface area contributed by atoms with Gasteiger partial charge in [-0.05, 0) is 13.3 Å². The minimum absolute atomic E-state index is 0.00139. The number of alkyl halides is 2. The van der Waals surface area contributed by atoms with Crippen molar-refractivity contribution in [3.63, 3.8) is 0 Å².